The van der Waals surface area contributed by atoms with Gasteiger partial charge in [0, 0.05) is 38.0 Å². The number of hydrogen-bond donors (Lipinski definition) is 1. The largest absolute Gasteiger partial charge is 0.461 e. The van der Waals surface area contributed by atoms with Crippen molar-refractivity contribution in [3.8, 4) is 0 Å². The normalized spacial score (nSPS) is 12.1. The van der Waals surface area contributed by atoms with E-state index in [-0.39, 0.29) is 24.5 Å². The Bertz CT molecular complexity index is 1780. The Morgan fingerprint density at radius 2 is 1.31 bits per heavy atom. The zero-order valence-electron chi connectivity index (χ0n) is 28.7. The molecule has 0 unspecified atom stereocenters. The number of ether oxygens (including phenoxy) is 1. The maximum absolute atomic E-state index is 13.3. The van der Waals surface area contributed by atoms with Crippen LogP contribution in [0.4, 0.5) is 13.2 Å². The third kappa shape index (κ3) is 11.4. The third-order valence-corrected chi connectivity index (χ3v) is 8.97. The summed E-state index contributed by atoms with van der Waals surface area (Å²) in [6.45, 7) is 3.53. The molecule has 51 heavy (non-hydrogen) atoms. The van der Waals surface area contributed by atoms with Gasteiger partial charge in [-0.2, -0.15) is 13.2 Å². The van der Waals surface area contributed by atoms with Crippen molar-refractivity contribution in [1.29, 1.82) is 0 Å². The molecule has 0 radical (unpaired) electrons. The van der Waals surface area contributed by atoms with Crippen LogP contribution in [0.2, 0.25) is 0 Å². The molecule has 0 bridgehead atoms. The maximum atomic E-state index is 13.3. The van der Waals surface area contributed by atoms with Crippen LogP contribution in [0, 0.1) is 0 Å². The summed E-state index contributed by atoms with van der Waals surface area (Å²) in [4.78, 5) is 28.0. The maximum Gasteiger partial charge on any atom is 0.416 e. The molecule has 0 fully saturated rings. The van der Waals surface area contributed by atoms with E-state index in [9.17, 15) is 22.8 Å². The minimum atomic E-state index is -4.40. The van der Waals surface area contributed by atoms with Crippen LogP contribution in [0.25, 0.3) is 0 Å². The molecule has 0 aliphatic carbocycles. The van der Waals surface area contributed by atoms with Gasteiger partial charge in [0.25, 0.3) is 0 Å². The fourth-order valence-electron chi connectivity index (χ4n) is 6.17. The zero-order chi connectivity index (χ0) is 36.1. The lowest BCUT2D eigenvalue weighted by atomic mass is 9.88. The fraction of sp³-hybridized carbons (Fsp3) is 0.256. The molecule has 0 aliphatic rings. The average molecular weight is 693 g/mol. The van der Waals surface area contributed by atoms with E-state index in [1.54, 1.807) is 18.2 Å². The lowest BCUT2D eigenvalue weighted by Gasteiger charge is -2.29. The number of halogens is 3. The first-order chi connectivity index (χ1) is 24.7. The van der Waals surface area contributed by atoms with Crippen LogP contribution in [0.3, 0.4) is 0 Å². The van der Waals surface area contributed by atoms with Gasteiger partial charge in [0.1, 0.15) is 6.61 Å². The molecule has 1 atom stereocenters. The van der Waals surface area contributed by atoms with Crippen LogP contribution in [0.5, 0.6) is 0 Å². The van der Waals surface area contributed by atoms with Gasteiger partial charge in [0.15, 0.2) is 0 Å². The molecule has 0 spiro atoms. The van der Waals surface area contributed by atoms with Gasteiger partial charge in [-0.15, -0.1) is 0 Å². The summed E-state index contributed by atoms with van der Waals surface area (Å²) < 4.78 is 45.5. The highest BCUT2D eigenvalue weighted by molar-refractivity contribution is 5.89. The van der Waals surface area contributed by atoms with Crippen LogP contribution in [0.1, 0.15) is 63.0 Å². The molecule has 0 aliphatic heterocycles. The lowest BCUT2D eigenvalue weighted by Crippen LogP contribution is -2.37. The molecular weight excluding hydrogens is 649 g/mol. The first-order valence-corrected chi connectivity index (χ1v) is 17.2. The van der Waals surface area contributed by atoms with E-state index in [1.165, 1.54) is 12.1 Å². The Morgan fingerprint density at radius 3 is 1.92 bits per heavy atom. The Morgan fingerprint density at radius 1 is 0.725 bits per heavy atom. The summed E-state index contributed by atoms with van der Waals surface area (Å²) in [7, 11) is 0. The van der Waals surface area contributed by atoms with Crippen molar-refractivity contribution >= 4 is 11.9 Å². The molecule has 5 aromatic carbocycles. The van der Waals surface area contributed by atoms with Gasteiger partial charge in [0.2, 0.25) is 5.91 Å². The monoisotopic (exact) mass is 692 g/mol. The average Bonchev–Trinajstić information content (AvgIpc) is 3.14. The van der Waals surface area contributed by atoms with Crippen LogP contribution in [-0.4, -0.2) is 42.5 Å². The van der Waals surface area contributed by atoms with Gasteiger partial charge in [-0.05, 0) is 65.8 Å². The van der Waals surface area contributed by atoms with Gasteiger partial charge in [-0.3, -0.25) is 9.69 Å². The molecule has 264 valence electrons. The van der Waals surface area contributed by atoms with Crippen molar-refractivity contribution in [2.45, 2.75) is 50.9 Å². The Labute approximate surface area is 298 Å². The molecule has 0 saturated carbocycles. The summed E-state index contributed by atoms with van der Waals surface area (Å²) in [5, 5.41) is 3.04. The third-order valence-electron chi connectivity index (χ3n) is 8.97. The smallest absolute Gasteiger partial charge is 0.416 e. The molecule has 8 heteroatoms. The fourth-order valence-corrected chi connectivity index (χ4v) is 6.17. The predicted octanol–water partition coefficient (Wildman–Crippen LogP) is 8.88. The van der Waals surface area contributed by atoms with E-state index in [0.29, 0.717) is 50.0 Å². The highest BCUT2D eigenvalue weighted by atomic mass is 19.4. The molecule has 1 amide bonds. The van der Waals surface area contributed by atoms with E-state index >= 15 is 0 Å². The molecule has 5 nitrogen and oxygen atoms in total. The number of esters is 1. The Hall–Kier alpha value is -5.21. The standard InChI is InChI=1S/C43H43F3N2O3/c1-32(28-35-14-11-19-39(29-35)43(44,45)46)48(31-34-12-5-2-6-13-34)26-27-51-42(50)38-22-20-33(21-23-38)24-25-47-41(49)30-40(36-15-7-3-8-16-36)37-17-9-4-10-18-37/h2-23,29,32,40H,24-28,30-31H2,1H3,(H,47,49)/t32-/m0/s1. The molecule has 5 aromatic rings. The number of carbonyl (C=O) groups is 2. The van der Waals surface area contributed by atoms with Gasteiger partial charge < -0.3 is 10.1 Å². The van der Waals surface area contributed by atoms with Gasteiger partial charge in [-0.1, -0.05) is 121 Å². The first-order valence-electron chi connectivity index (χ1n) is 17.2. The second-order valence-electron chi connectivity index (χ2n) is 12.7. The molecule has 1 N–H and O–H groups in total. The number of nitrogens with zero attached hydrogens (tertiary/aromatic N) is 1. The van der Waals surface area contributed by atoms with Crippen LogP contribution in [-0.2, 0) is 35.1 Å². The van der Waals surface area contributed by atoms with Crippen LogP contribution < -0.4 is 5.32 Å². The van der Waals surface area contributed by atoms with E-state index in [0.717, 1.165) is 28.3 Å². The number of nitrogens with one attached hydrogen (secondary N) is 1. The number of alkyl halides is 3. The van der Waals surface area contributed by atoms with Crippen molar-refractivity contribution < 1.29 is 27.5 Å². The number of carbonyl (C=O) groups excluding carboxylic acids is 2. The molecular formula is C43H43F3N2O3. The molecule has 5 rings (SSSR count). The van der Waals surface area contributed by atoms with E-state index < -0.39 is 17.7 Å². The SMILES string of the molecule is C[C@@H](Cc1cccc(C(F)(F)F)c1)N(CCOC(=O)c1ccc(CCNC(=O)CC(c2ccccc2)c2ccccc2)cc1)Cc1ccccc1. The topological polar surface area (TPSA) is 58.6 Å². The van der Waals surface area contributed by atoms with Crippen molar-refractivity contribution in [2.24, 2.45) is 0 Å². The quantitative estimate of drug-likeness (QED) is 0.105. The molecule has 0 aromatic heterocycles. The minimum absolute atomic E-state index is 0.0293. The van der Waals surface area contributed by atoms with Gasteiger partial charge in [0.05, 0.1) is 11.1 Å². The summed E-state index contributed by atoms with van der Waals surface area (Å²) in [6, 6.07) is 42.3. The Kier molecular flexibility index (Phi) is 13.2. The molecule has 0 heterocycles. The summed E-state index contributed by atoms with van der Waals surface area (Å²) >= 11 is 0. The second kappa shape index (κ2) is 18.2. The van der Waals surface area contributed by atoms with Crippen molar-refractivity contribution in [3.05, 3.63) is 178 Å². The van der Waals surface area contributed by atoms with Gasteiger partial charge >= 0.3 is 12.1 Å². The Balaban J connectivity index is 1.11. The van der Waals surface area contributed by atoms with E-state index in [4.69, 9.17) is 4.74 Å². The van der Waals surface area contributed by atoms with E-state index in [1.807, 2.05) is 110 Å². The second-order valence-corrected chi connectivity index (χ2v) is 12.7. The minimum Gasteiger partial charge on any atom is -0.461 e. The lowest BCUT2D eigenvalue weighted by molar-refractivity contribution is -0.137. The summed E-state index contributed by atoms with van der Waals surface area (Å²) in [5.74, 6) is -0.520. The van der Waals surface area contributed by atoms with Crippen LogP contribution >= 0.6 is 0 Å². The zero-order valence-corrected chi connectivity index (χ0v) is 28.7. The number of benzene rings is 5. The van der Waals surface area contributed by atoms with Crippen molar-refractivity contribution in [3.63, 3.8) is 0 Å². The van der Waals surface area contributed by atoms with Crippen molar-refractivity contribution in [1.82, 2.24) is 10.2 Å². The summed E-state index contributed by atoms with van der Waals surface area (Å²) in [6.07, 6.45) is -3.04. The van der Waals surface area contributed by atoms with Gasteiger partial charge in [-0.25, -0.2) is 4.79 Å². The predicted molar refractivity (Wildman–Crippen MR) is 194 cm³/mol. The highest BCUT2D eigenvalue weighted by Crippen LogP contribution is 2.30. The van der Waals surface area contributed by atoms with Crippen molar-refractivity contribution in [2.75, 3.05) is 19.7 Å². The highest BCUT2D eigenvalue weighted by Gasteiger charge is 2.30. The van der Waals surface area contributed by atoms with E-state index in [2.05, 4.69) is 10.2 Å². The first kappa shape index (κ1) is 37.1. The summed E-state index contributed by atoms with van der Waals surface area (Å²) in [5.41, 5.74) is 4.57. The number of rotatable bonds is 16. The molecule has 0 saturated heterocycles. The van der Waals surface area contributed by atoms with Crippen LogP contribution in [0.15, 0.2) is 140 Å². The number of amides is 1. The number of hydrogen-bond acceptors (Lipinski definition) is 4.